The summed E-state index contributed by atoms with van der Waals surface area (Å²) < 4.78 is 0. The molecule has 0 unspecified atom stereocenters. The van der Waals surface area contributed by atoms with Gasteiger partial charge in [0.1, 0.15) is 0 Å². The molecule has 0 heterocycles. The Balaban J connectivity index is 2.39. The number of hydrogen-bond acceptors (Lipinski definition) is 0. The van der Waals surface area contributed by atoms with Crippen LogP contribution >= 0.6 is 0 Å². The van der Waals surface area contributed by atoms with Crippen molar-refractivity contribution in [3.05, 3.63) is 41.8 Å². The van der Waals surface area contributed by atoms with Gasteiger partial charge in [0.25, 0.3) is 0 Å². The highest BCUT2D eigenvalue weighted by Gasteiger charge is 2.25. The molecule has 0 saturated heterocycles. The Morgan fingerprint density at radius 1 is 1.42 bits per heavy atom. The van der Waals surface area contributed by atoms with Gasteiger partial charge in [-0.2, -0.15) is 0 Å². The first-order valence-corrected chi connectivity index (χ1v) is 4.70. The molecule has 0 N–H and O–H groups in total. The van der Waals surface area contributed by atoms with Crippen LogP contribution in [-0.4, -0.2) is 0 Å². The molecule has 0 atom stereocenters. The Hall–Kier alpha value is -0.780. The molecule has 0 aliphatic heterocycles. The summed E-state index contributed by atoms with van der Waals surface area (Å²) in [6.07, 6.45) is 3.71. The van der Waals surface area contributed by atoms with Crippen molar-refractivity contribution in [2.75, 3.05) is 0 Å². The first-order valence-electron chi connectivity index (χ1n) is 4.70. The molecule has 0 heteroatoms. The molecule has 1 aromatic rings. The van der Waals surface area contributed by atoms with Crippen molar-refractivity contribution in [3.8, 4) is 0 Å². The largest absolute Gasteiger partial charge is 0.0590 e. The van der Waals surface area contributed by atoms with E-state index in [1.54, 1.807) is 5.56 Å². The van der Waals surface area contributed by atoms with Crippen LogP contribution in [-0.2, 0) is 6.42 Å². The molecular formula is C12H15. The van der Waals surface area contributed by atoms with Crippen molar-refractivity contribution in [2.24, 2.45) is 0 Å². The van der Waals surface area contributed by atoms with Gasteiger partial charge in [0.15, 0.2) is 0 Å². The fourth-order valence-electron chi connectivity index (χ4n) is 1.72. The van der Waals surface area contributed by atoms with Crippen LogP contribution < -0.4 is 0 Å². The lowest BCUT2D eigenvalue weighted by Crippen LogP contribution is -1.90. The first kappa shape index (κ1) is 7.85. The molecule has 1 aliphatic carbocycles. The minimum atomic E-state index is 0.863. The van der Waals surface area contributed by atoms with Crippen LogP contribution in [0.2, 0.25) is 0 Å². The lowest BCUT2D eigenvalue weighted by molar-refractivity contribution is 1.06. The molecule has 1 aromatic carbocycles. The van der Waals surface area contributed by atoms with E-state index < -0.39 is 0 Å². The van der Waals surface area contributed by atoms with Gasteiger partial charge < -0.3 is 0 Å². The van der Waals surface area contributed by atoms with Gasteiger partial charge in [0.05, 0.1) is 0 Å². The monoisotopic (exact) mass is 159 g/mol. The molecule has 1 fully saturated rings. The van der Waals surface area contributed by atoms with Crippen LogP contribution in [0.1, 0.15) is 35.4 Å². The van der Waals surface area contributed by atoms with Gasteiger partial charge in [-0.1, -0.05) is 23.8 Å². The second-order valence-corrected chi connectivity index (χ2v) is 3.73. The van der Waals surface area contributed by atoms with Crippen molar-refractivity contribution in [1.29, 1.82) is 0 Å². The van der Waals surface area contributed by atoms with Crippen molar-refractivity contribution in [3.63, 3.8) is 0 Å². The van der Waals surface area contributed by atoms with Gasteiger partial charge >= 0.3 is 0 Å². The summed E-state index contributed by atoms with van der Waals surface area (Å²) >= 11 is 0. The first-order chi connectivity index (χ1) is 5.81. The van der Waals surface area contributed by atoms with E-state index in [1.165, 1.54) is 24.0 Å². The Labute approximate surface area is 74.6 Å². The predicted octanol–water partition coefficient (Wildman–Crippen LogP) is 3.25. The van der Waals surface area contributed by atoms with Crippen LogP contribution in [0.5, 0.6) is 0 Å². The number of aryl methyl sites for hydroxylation is 1. The topological polar surface area (TPSA) is 0 Å². The Morgan fingerprint density at radius 2 is 2.17 bits per heavy atom. The van der Waals surface area contributed by atoms with E-state index in [0.717, 1.165) is 12.3 Å². The van der Waals surface area contributed by atoms with Crippen LogP contribution in [0.3, 0.4) is 0 Å². The van der Waals surface area contributed by atoms with Crippen molar-refractivity contribution >= 4 is 0 Å². The highest BCUT2D eigenvalue weighted by atomic mass is 14.3. The Bertz CT molecular complexity index is 282. The van der Waals surface area contributed by atoms with Gasteiger partial charge in [-0.05, 0) is 50.2 Å². The standard InChI is InChI=1S/C12H15/c1-3-10-5-4-9(2)8-12(10)11-6-7-11/h4-5,8,11H,1,3,6-7H2,2H3. The SMILES string of the molecule is [CH2]Cc1ccc(C)cc1C1CC1. The minimum Gasteiger partial charge on any atom is -0.0590 e. The molecule has 0 nitrogen and oxygen atoms in total. The summed E-state index contributed by atoms with van der Waals surface area (Å²) in [5, 5.41) is 0. The summed E-state index contributed by atoms with van der Waals surface area (Å²) in [5.41, 5.74) is 4.39. The zero-order chi connectivity index (χ0) is 8.55. The van der Waals surface area contributed by atoms with Crippen LogP contribution in [0.4, 0.5) is 0 Å². The number of rotatable bonds is 2. The number of benzene rings is 1. The fourth-order valence-corrected chi connectivity index (χ4v) is 1.72. The third-order valence-corrected chi connectivity index (χ3v) is 2.59. The maximum absolute atomic E-state index is 3.96. The molecule has 1 saturated carbocycles. The molecule has 12 heavy (non-hydrogen) atoms. The second-order valence-electron chi connectivity index (χ2n) is 3.73. The summed E-state index contributed by atoms with van der Waals surface area (Å²) in [4.78, 5) is 0. The molecule has 0 amide bonds. The summed E-state index contributed by atoms with van der Waals surface area (Å²) in [6.45, 7) is 6.12. The summed E-state index contributed by atoms with van der Waals surface area (Å²) in [7, 11) is 0. The van der Waals surface area contributed by atoms with E-state index in [1.807, 2.05) is 0 Å². The quantitative estimate of drug-likeness (QED) is 0.621. The Kier molecular flexibility index (Phi) is 1.92. The molecule has 2 rings (SSSR count). The normalized spacial score (nSPS) is 16.5. The second kappa shape index (κ2) is 2.93. The van der Waals surface area contributed by atoms with Gasteiger partial charge in [-0.15, -0.1) is 0 Å². The van der Waals surface area contributed by atoms with E-state index >= 15 is 0 Å². The third kappa shape index (κ3) is 1.38. The summed E-state index contributed by atoms with van der Waals surface area (Å²) in [6, 6.07) is 6.75. The average Bonchev–Trinajstić information content (AvgIpc) is 2.87. The zero-order valence-electron chi connectivity index (χ0n) is 7.64. The molecule has 0 spiro atoms. The Morgan fingerprint density at radius 3 is 2.75 bits per heavy atom. The zero-order valence-corrected chi connectivity index (χ0v) is 7.64. The van der Waals surface area contributed by atoms with E-state index in [4.69, 9.17) is 0 Å². The highest BCUT2D eigenvalue weighted by Crippen LogP contribution is 2.42. The predicted molar refractivity (Wildman–Crippen MR) is 52.2 cm³/mol. The van der Waals surface area contributed by atoms with Gasteiger partial charge in [0.2, 0.25) is 0 Å². The molecule has 1 aliphatic rings. The smallest absolute Gasteiger partial charge is 0.0159 e. The van der Waals surface area contributed by atoms with Gasteiger partial charge in [-0.3, -0.25) is 0 Å². The van der Waals surface area contributed by atoms with E-state index in [9.17, 15) is 0 Å². The van der Waals surface area contributed by atoms with Gasteiger partial charge in [-0.25, -0.2) is 0 Å². The van der Waals surface area contributed by atoms with E-state index in [2.05, 4.69) is 32.0 Å². The lowest BCUT2D eigenvalue weighted by Gasteiger charge is -2.06. The number of hydrogen-bond donors (Lipinski definition) is 0. The summed E-state index contributed by atoms with van der Waals surface area (Å²) in [5.74, 6) is 0.863. The van der Waals surface area contributed by atoms with Crippen LogP contribution in [0.25, 0.3) is 0 Å². The van der Waals surface area contributed by atoms with Crippen molar-refractivity contribution in [2.45, 2.75) is 32.1 Å². The molecule has 0 bridgehead atoms. The maximum atomic E-state index is 3.96. The molecule has 1 radical (unpaired) electrons. The lowest BCUT2D eigenvalue weighted by atomic mass is 9.99. The minimum absolute atomic E-state index is 0.863. The highest BCUT2D eigenvalue weighted by molar-refractivity contribution is 5.36. The maximum Gasteiger partial charge on any atom is -0.0159 e. The third-order valence-electron chi connectivity index (χ3n) is 2.59. The van der Waals surface area contributed by atoms with Gasteiger partial charge in [0, 0.05) is 0 Å². The molecule has 63 valence electrons. The van der Waals surface area contributed by atoms with Crippen LogP contribution in [0.15, 0.2) is 18.2 Å². The van der Waals surface area contributed by atoms with E-state index in [0.29, 0.717) is 0 Å². The van der Waals surface area contributed by atoms with Crippen LogP contribution in [0, 0.1) is 13.8 Å². The molecular weight excluding hydrogens is 144 g/mol. The fraction of sp³-hybridized carbons (Fsp3) is 0.417. The van der Waals surface area contributed by atoms with Crippen molar-refractivity contribution in [1.82, 2.24) is 0 Å². The average molecular weight is 159 g/mol. The van der Waals surface area contributed by atoms with Crippen molar-refractivity contribution < 1.29 is 0 Å². The molecule has 0 aromatic heterocycles. The van der Waals surface area contributed by atoms with E-state index in [-0.39, 0.29) is 0 Å².